The van der Waals surface area contributed by atoms with E-state index in [9.17, 15) is 4.79 Å². The van der Waals surface area contributed by atoms with Crippen LogP contribution < -0.4 is 5.32 Å². The lowest BCUT2D eigenvalue weighted by Gasteiger charge is -2.13. The van der Waals surface area contributed by atoms with Gasteiger partial charge in [0.15, 0.2) is 0 Å². The first-order valence-electron chi connectivity index (χ1n) is 8.64. The molecule has 126 valence electrons. The van der Waals surface area contributed by atoms with E-state index in [1.165, 1.54) is 27.8 Å². The molecule has 0 aliphatic rings. The van der Waals surface area contributed by atoms with Gasteiger partial charge in [-0.15, -0.1) is 0 Å². The van der Waals surface area contributed by atoms with Crippen molar-refractivity contribution >= 4 is 5.91 Å². The fourth-order valence-corrected chi connectivity index (χ4v) is 3.07. The molecule has 3 rings (SSSR count). The van der Waals surface area contributed by atoms with E-state index >= 15 is 0 Å². The Bertz CT molecular complexity index is 820. The van der Waals surface area contributed by atoms with Crippen molar-refractivity contribution in [3.63, 3.8) is 0 Å². The van der Waals surface area contributed by atoms with Gasteiger partial charge in [0, 0.05) is 13.0 Å². The third kappa shape index (κ3) is 4.57. The van der Waals surface area contributed by atoms with Gasteiger partial charge in [0.2, 0.25) is 5.91 Å². The number of nitrogens with one attached hydrogen (secondary N) is 1. The van der Waals surface area contributed by atoms with Gasteiger partial charge < -0.3 is 5.32 Å². The van der Waals surface area contributed by atoms with Gasteiger partial charge in [0.05, 0.1) is 0 Å². The van der Waals surface area contributed by atoms with Crippen molar-refractivity contribution in [2.75, 3.05) is 0 Å². The first-order valence-corrected chi connectivity index (χ1v) is 8.64. The molecule has 2 heteroatoms. The van der Waals surface area contributed by atoms with Gasteiger partial charge in [-0.1, -0.05) is 78.9 Å². The van der Waals surface area contributed by atoms with Crippen LogP contribution in [0.4, 0.5) is 0 Å². The minimum atomic E-state index is 0.0163. The number of rotatable bonds is 5. The van der Waals surface area contributed by atoms with E-state index in [0.717, 1.165) is 6.42 Å². The lowest BCUT2D eigenvalue weighted by molar-refractivity contribution is -0.119. The molecule has 2 nitrogen and oxygen atoms in total. The van der Waals surface area contributed by atoms with Gasteiger partial charge in [-0.25, -0.2) is 0 Å². The van der Waals surface area contributed by atoms with Crippen molar-refractivity contribution in [1.82, 2.24) is 5.32 Å². The van der Waals surface area contributed by atoms with Gasteiger partial charge in [0.1, 0.15) is 0 Å². The normalized spacial score (nSPS) is 11.8. The fraction of sp³-hybridized carbons (Fsp3) is 0.174. The van der Waals surface area contributed by atoms with Crippen LogP contribution in [-0.4, -0.2) is 11.9 Å². The quantitative estimate of drug-likeness (QED) is 0.694. The molecular formula is C23H23NO. The lowest BCUT2D eigenvalue weighted by atomic mass is 9.98. The van der Waals surface area contributed by atoms with Crippen molar-refractivity contribution in [2.45, 2.75) is 26.3 Å². The van der Waals surface area contributed by atoms with Gasteiger partial charge in [0.25, 0.3) is 0 Å². The van der Waals surface area contributed by atoms with E-state index < -0.39 is 0 Å². The molecule has 1 atom stereocenters. The Morgan fingerprint density at radius 2 is 1.20 bits per heavy atom. The summed E-state index contributed by atoms with van der Waals surface area (Å²) < 4.78 is 0. The summed E-state index contributed by atoms with van der Waals surface area (Å²) in [5.41, 5.74) is 6.10. The highest BCUT2D eigenvalue weighted by atomic mass is 16.1. The van der Waals surface area contributed by atoms with E-state index in [1.54, 1.807) is 6.92 Å². The number of carbonyl (C=O) groups excluding carboxylic acids is 1. The van der Waals surface area contributed by atoms with Crippen LogP contribution in [0.1, 0.15) is 19.4 Å². The SMILES string of the molecule is CC(=O)NC(C)Cc1ccc(-c2ccc(-c3ccccc3)cc2)cc1. The average molecular weight is 329 g/mol. The standard InChI is InChI=1S/C23H23NO/c1-17(24-18(2)25)16-19-8-10-21(11-9-19)23-14-12-22(13-15-23)20-6-4-3-5-7-20/h3-15,17H,16H2,1-2H3,(H,24,25). The Balaban J connectivity index is 1.71. The molecule has 1 unspecified atom stereocenters. The lowest BCUT2D eigenvalue weighted by Crippen LogP contribution is -2.31. The van der Waals surface area contributed by atoms with Crippen LogP contribution >= 0.6 is 0 Å². The van der Waals surface area contributed by atoms with Crippen LogP contribution in [0.3, 0.4) is 0 Å². The second kappa shape index (κ2) is 7.80. The minimum absolute atomic E-state index is 0.0163. The summed E-state index contributed by atoms with van der Waals surface area (Å²) in [5, 5.41) is 2.92. The van der Waals surface area contributed by atoms with Crippen LogP contribution in [0.2, 0.25) is 0 Å². The fourth-order valence-electron chi connectivity index (χ4n) is 3.07. The van der Waals surface area contributed by atoms with Gasteiger partial charge in [-0.05, 0) is 41.2 Å². The minimum Gasteiger partial charge on any atom is -0.354 e. The third-order valence-corrected chi connectivity index (χ3v) is 4.27. The zero-order valence-corrected chi connectivity index (χ0v) is 14.7. The molecule has 25 heavy (non-hydrogen) atoms. The van der Waals surface area contributed by atoms with E-state index in [4.69, 9.17) is 0 Å². The summed E-state index contributed by atoms with van der Waals surface area (Å²) in [6, 6.07) is 27.8. The molecule has 1 amide bonds. The molecular weight excluding hydrogens is 306 g/mol. The van der Waals surface area contributed by atoms with E-state index in [-0.39, 0.29) is 11.9 Å². The molecule has 0 fully saturated rings. The van der Waals surface area contributed by atoms with E-state index in [2.05, 4.69) is 78.1 Å². The second-order valence-electron chi connectivity index (χ2n) is 6.45. The van der Waals surface area contributed by atoms with Crippen molar-refractivity contribution in [3.05, 3.63) is 84.4 Å². The summed E-state index contributed by atoms with van der Waals surface area (Å²) in [6.07, 6.45) is 0.840. The zero-order valence-electron chi connectivity index (χ0n) is 14.7. The van der Waals surface area contributed by atoms with Crippen LogP contribution in [0.5, 0.6) is 0 Å². The van der Waals surface area contributed by atoms with E-state index in [0.29, 0.717) is 0 Å². The highest BCUT2D eigenvalue weighted by Gasteiger charge is 2.05. The van der Waals surface area contributed by atoms with E-state index in [1.807, 2.05) is 13.0 Å². The molecule has 0 aliphatic heterocycles. The van der Waals surface area contributed by atoms with Crippen molar-refractivity contribution in [3.8, 4) is 22.3 Å². The highest BCUT2D eigenvalue weighted by Crippen LogP contribution is 2.25. The number of carbonyl (C=O) groups is 1. The van der Waals surface area contributed by atoms with Crippen molar-refractivity contribution in [1.29, 1.82) is 0 Å². The molecule has 0 aromatic heterocycles. The molecule has 0 bridgehead atoms. The molecule has 0 heterocycles. The zero-order chi connectivity index (χ0) is 17.6. The van der Waals surface area contributed by atoms with Crippen LogP contribution in [0.25, 0.3) is 22.3 Å². The highest BCUT2D eigenvalue weighted by molar-refractivity contribution is 5.73. The van der Waals surface area contributed by atoms with Crippen molar-refractivity contribution in [2.24, 2.45) is 0 Å². The smallest absolute Gasteiger partial charge is 0.217 e. The Morgan fingerprint density at radius 3 is 1.68 bits per heavy atom. The summed E-state index contributed by atoms with van der Waals surface area (Å²) in [7, 11) is 0. The summed E-state index contributed by atoms with van der Waals surface area (Å²) >= 11 is 0. The molecule has 0 spiro atoms. The maximum absolute atomic E-state index is 11.1. The molecule has 1 N–H and O–H groups in total. The predicted octanol–water partition coefficient (Wildman–Crippen LogP) is 5.09. The van der Waals surface area contributed by atoms with Crippen LogP contribution in [-0.2, 0) is 11.2 Å². The average Bonchev–Trinajstić information content (AvgIpc) is 2.62. The van der Waals surface area contributed by atoms with Gasteiger partial charge in [-0.3, -0.25) is 4.79 Å². The Labute approximate surface area is 149 Å². The number of hydrogen-bond acceptors (Lipinski definition) is 1. The predicted molar refractivity (Wildman–Crippen MR) is 104 cm³/mol. The Morgan fingerprint density at radius 1 is 0.760 bits per heavy atom. The number of amides is 1. The first kappa shape index (κ1) is 17.0. The first-order chi connectivity index (χ1) is 12.1. The Hall–Kier alpha value is -2.87. The van der Waals surface area contributed by atoms with Crippen LogP contribution in [0, 0.1) is 0 Å². The molecule has 0 aliphatic carbocycles. The number of hydrogen-bond donors (Lipinski definition) is 1. The molecule has 3 aromatic rings. The van der Waals surface area contributed by atoms with Crippen LogP contribution in [0.15, 0.2) is 78.9 Å². The third-order valence-electron chi connectivity index (χ3n) is 4.27. The van der Waals surface area contributed by atoms with Gasteiger partial charge in [-0.2, -0.15) is 0 Å². The monoisotopic (exact) mass is 329 g/mol. The summed E-state index contributed by atoms with van der Waals surface area (Å²) in [4.78, 5) is 11.1. The van der Waals surface area contributed by atoms with Gasteiger partial charge >= 0.3 is 0 Å². The Kier molecular flexibility index (Phi) is 5.30. The summed E-state index contributed by atoms with van der Waals surface area (Å²) in [6.45, 7) is 3.58. The largest absolute Gasteiger partial charge is 0.354 e. The number of benzene rings is 3. The molecule has 3 aromatic carbocycles. The van der Waals surface area contributed by atoms with Crippen molar-refractivity contribution < 1.29 is 4.79 Å². The second-order valence-corrected chi connectivity index (χ2v) is 6.45. The molecule has 0 saturated heterocycles. The maximum atomic E-state index is 11.1. The maximum Gasteiger partial charge on any atom is 0.217 e. The topological polar surface area (TPSA) is 29.1 Å². The molecule has 0 saturated carbocycles. The summed E-state index contributed by atoms with van der Waals surface area (Å²) in [5.74, 6) is 0.0163. The molecule has 0 radical (unpaired) electrons.